The Hall–Kier alpha value is -0.960. The summed E-state index contributed by atoms with van der Waals surface area (Å²) in [5.74, 6) is 0.794. The lowest BCUT2D eigenvalue weighted by Gasteiger charge is -1.86. The summed E-state index contributed by atoms with van der Waals surface area (Å²) in [6, 6.07) is 0. The maximum atomic E-state index is 4.12. The zero-order chi connectivity index (χ0) is 7.56. The Morgan fingerprint density at radius 2 is 2.40 bits per heavy atom. The monoisotopic (exact) mass is 152 g/mol. The Kier molecular flexibility index (Phi) is 1.97. The van der Waals surface area contributed by atoms with Crippen molar-refractivity contribution in [2.75, 3.05) is 0 Å². The van der Waals surface area contributed by atoms with Gasteiger partial charge in [-0.2, -0.15) is 4.37 Å². The Morgan fingerprint density at radius 3 is 2.80 bits per heavy atom. The lowest BCUT2D eigenvalue weighted by atomic mass is 10.3. The molecule has 0 unspecified atom stereocenters. The zero-order valence-electron chi connectivity index (χ0n) is 5.79. The molecule has 0 amide bonds. The van der Waals surface area contributed by atoms with E-state index in [1.807, 2.05) is 6.92 Å². The first-order valence-electron chi connectivity index (χ1n) is 2.86. The van der Waals surface area contributed by atoms with Crippen LogP contribution < -0.4 is 0 Å². The second kappa shape index (κ2) is 2.75. The standard InChI is InChI=1S/C7H8N2S/c1-4-5(2)7-8-6(3)9-10-7/h4H,1-2H2,3H3. The van der Waals surface area contributed by atoms with Crippen molar-refractivity contribution < 1.29 is 0 Å². The molecular weight excluding hydrogens is 144 g/mol. The molecule has 1 aromatic heterocycles. The SMILES string of the molecule is C=CC(=C)c1nc(C)ns1. The summed E-state index contributed by atoms with van der Waals surface area (Å²) in [7, 11) is 0. The maximum Gasteiger partial charge on any atom is 0.143 e. The van der Waals surface area contributed by atoms with Crippen LogP contribution in [-0.2, 0) is 0 Å². The molecule has 1 heterocycles. The summed E-state index contributed by atoms with van der Waals surface area (Å²) in [5.41, 5.74) is 0.839. The van der Waals surface area contributed by atoms with Gasteiger partial charge < -0.3 is 0 Å². The zero-order valence-corrected chi connectivity index (χ0v) is 6.61. The van der Waals surface area contributed by atoms with Crippen molar-refractivity contribution in [2.24, 2.45) is 0 Å². The van der Waals surface area contributed by atoms with Gasteiger partial charge >= 0.3 is 0 Å². The highest BCUT2D eigenvalue weighted by Gasteiger charge is 1.99. The molecule has 0 aliphatic carbocycles. The molecular formula is C7H8N2S. The molecule has 0 bridgehead atoms. The van der Waals surface area contributed by atoms with E-state index in [0.29, 0.717) is 0 Å². The van der Waals surface area contributed by atoms with Crippen molar-refractivity contribution in [3.8, 4) is 0 Å². The summed E-state index contributed by atoms with van der Waals surface area (Å²) < 4.78 is 4.01. The number of nitrogens with zero attached hydrogens (tertiary/aromatic N) is 2. The van der Waals surface area contributed by atoms with E-state index in [2.05, 4.69) is 22.5 Å². The normalized spacial score (nSPS) is 9.30. The van der Waals surface area contributed by atoms with E-state index in [1.165, 1.54) is 11.5 Å². The molecule has 0 radical (unpaired) electrons. The summed E-state index contributed by atoms with van der Waals surface area (Å²) in [6.07, 6.45) is 1.68. The largest absolute Gasteiger partial charge is 0.220 e. The second-order valence-electron chi connectivity index (χ2n) is 1.88. The minimum absolute atomic E-state index is 0.794. The Bertz CT molecular complexity index is 262. The third kappa shape index (κ3) is 1.30. The third-order valence-electron chi connectivity index (χ3n) is 1.05. The highest BCUT2D eigenvalue weighted by atomic mass is 32.1. The average Bonchev–Trinajstić information content (AvgIpc) is 2.34. The number of hydrogen-bond donors (Lipinski definition) is 0. The van der Waals surface area contributed by atoms with Crippen molar-refractivity contribution in [1.82, 2.24) is 9.36 Å². The molecule has 0 spiro atoms. The first-order valence-corrected chi connectivity index (χ1v) is 3.63. The molecule has 1 rings (SSSR count). The first kappa shape index (κ1) is 7.15. The van der Waals surface area contributed by atoms with Crippen LogP contribution in [0.5, 0.6) is 0 Å². The van der Waals surface area contributed by atoms with Gasteiger partial charge in [-0.1, -0.05) is 19.2 Å². The molecule has 0 aliphatic rings. The fraction of sp³-hybridized carbons (Fsp3) is 0.143. The minimum atomic E-state index is 0.794. The third-order valence-corrected chi connectivity index (χ3v) is 1.93. The summed E-state index contributed by atoms with van der Waals surface area (Å²) in [5, 5.41) is 0.854. The fourth-order valence-corrected chi connectivity index (χ4v) is 1.15. The van der Waals surface area contributed by atoms with Gasteiger partial charge in [0, 0.05) is 5.57 Å². The van der Waals surface area contributed by atoms with Crippen molar-refractivity contribution >= 4 is 17.1 Å². The number of hydrogen-bond acceptors (Lipinski definition) is 3. The van der Waals surface area contributed by atoms with E-state index in [1.54, 1.807) is 6.08 Å². The molecule has 0 aliphatic heterocycles. The van der Waals surface area contributed by atoms with E-state index in [9.17, 15) is 0 Å². The van der Waals surface area contributed by atoms with E-state index in [0.717, 1.165) is 16.4 Å². The van der Waals surface area contributed by atoms with Crippen molar-refractivity contribution in [3.05, 3.63) is 30.1 Å². The lowest BCUT2D eigenvalue weighted by Crippen LogP contribution is -1.76. The van der Waals surface area contributed by atoms with Gasteiger partial charge in [0.1, 0.15) is 10.8 Å². The number of allylic oxidation sites excluding steroid dienone is 2. The van der Waals surface area contributed by atoms with Crippen LogP contribution in [0.2, 0.25) is 0 Å². The number of aryl methyl sites for hydroxylation is 1. The summed E-state index contributed by atoms with van der Waals surface area (Å²) in [4.78, 5) is 4.12. The van der Waals surface area contributed by atoms with Crippen molar-refractivity contribution in [3.63, 3.8) is 0 Å². The molecule has 0 atom stereocenters. The molecule has 1 aromatic rings. The highest BCUT2D eigenvalue weighted by Crippen LogP contribution is 2.14. The predicted molar refractivity (Wildman–Crippen MR) is 43.9 cm³/mol. The van der Waals surface area contributed by atoms with Gasteiger partial charge in [-0.3, -0.25) is 0 Å². The van der Waals surface area contributed by atoms with Crippen LogP contribution >= 0.6 is 11.5 Å². The van der Waals surface area contributed by atoms with Crippen LogP contribution in [0.15, 0.2) is 19.2 Å². The van der Waals surface area contributed by atoms with Gasteiger partial charge in [-0.25, -0.2) is 4.98 Å². The molecule has 0 fully saturated rings. The smallest absolute Gasteiger partial charge is 0.143 e. The highest BCUT2D eigenvalue weighted by molar-refractivity contribution is 7.06. The van der Waals surface area contributed by atoms with Crippen LogP contribution in [0.4, 0.5) is 0 Å². The van der Waals surface area contributed by atoms with E-state index in [-0.39, 0.29) is 0 Å². The molecule has 0 saturated carbocycles. The van der Waals surface area contributed by atoms with Crippen molar-refractivity contribution in [2.45, 2.75) is 6.92 Å². The van der Waals surface area contributed by atoms with E-state index >= 15 is 0 Å². The van der Waals surface area contributed by atoms with Crippen LogP contribution in [0.3, 0.4) is 0 Å². The number of rotatable bonds is 2. The van der Waals surface area contributed by atoms with Crippen molar-refractivity contribution in [1.29, 1.82) is 0 Å². The van der Waals surface area contributed by atoms with Gasteiger partial charge in [0.2, 0.25) is 0 Å². The molecule has 10 heavy (non-hydrogen) atoms. The Balaban J connectivity index is 2.95. The van der Waals surface area contributed by atoms with Crippen LogP contribution in [-0.4, -0.2) is 9.36 Å². The summed E-state index contributed by atoms with van der Waals surface area (Å²) >= 11 is 1.35. The van der Waals surface area contributed by atoms with Gasteiger partial charge in [0.15, 0.2) is 0 Å². The Morgan fingerprint density at radius 1 is 1.70 bits per heavy atom. The van der Waals surface area contributed by atoms with E-state index < -0.39 is 0 Å². The topological polar surface area (TPSA) is 25.8 Å². The van der Waals surface area contributed by atoms with E-state index in [4.69, 9.17) is 0 Å². The molecule has 0 N–H and O–H groups in total. The average molecular weight is 152 g/mol. The summed E-state index contributed by atoms with van der Waals surface area (Å²) in [6.45, 7) is 9.19. The Labute approximate surface area is 64.1 Å². The van der Waals surface area contributed by atoms with Gasteiger partial charge in [0.25, 0.3) is 0 Å². The van der Waals surface area contributed by atoms with Gasteiger partial charge in [0.05, 0.1) is 0 Å². The molecule has 0 aromatic carbocycles. The first-order chi connectivity index (χ1) is 4.74. The molecule has 2 nitrogen and oxygen atoms in total. The molecule has 3 heteroatoms. The number of aromatic nitrogens is 2. The predicted octanol–water partition coefficient (Wildman–Crippen LogP) is 2.05. The molecule has 0 saturated heterocycles. The van der Waals surface area contributed by atoms with Gasteiger partial charge in [-0.05, 0) is 18.5 Å². The minimum Gasteiger partial charge on any atom is -0.220 e. The van der Waals surface area contributed by atoms with Crippen LogP contribution in [0.1, 0.15) is 10.8 Å². The second-order valence-corrected chi connectivity index (χ2v) is 2.63. The van der Waals surface area contributed by atoms with Crippen LogP contribution in [0.25, 0.3) is 5.57 Å². The molecule has 52 valence electrons. The van der Waals surface area contributed by atoms with Crippen LogP contribution in [0, 0.1) is 6.92 Å². The lowest BCUT2D eigenvalue weighted by molar-refractivity contribution is 1.15. The quantitative estimate of drug-likeness (QED) is 0.606. The fourth-order valence-electron chi connectivity index (χ4n) is 0.515. The maximum absolute atomic E-state index is 4.12. The van der Waals surface area contributed by atoms with Gasteiger partial charge in [-0.15, -0.1) is 0 Å².